The number of ether oxygens (including phenoxy) is 1. The first-order valence-corrected chi connectivity index (χ1v) is 6.78. The number of anilines is 1. The van der Waals surface area contributed by atoms with Crippen molar-refractivity contribution in [1.29, 1.82) is 0 Å². The number of methoxy groups -OCH3 is 1. The topological polar surface area (TPSA) is 94.3 Å². The van der Waals surface area contributed by atoms with Crippen LogP contribution in [0.15, 0.2) is 23.4 Å². The molecule has 0 aliphatic heterocycles. The summed E-state index contributed by atoms with van der Waals surface area (Å²) in [6.07, 6.45) is 2.43. The Balaban J connectivity index is 2.14. The van der Waals surface area contributed by atoms with E-state index < -0.39 is 0 Å². The SMILES string of the molecule is COC(=O)CCCNC(=O)CSc1ccc(N)cn1. The highest BCUT2D eigenvalue weighted by Crippen LogP contribution is 2.15. The maximum atomic E-state index is 11.5. The summed E-state index contributed by atoms with van der Waals surface area (Å²) in [7, 11) is 1.34. The van der Waals surface area contributed by atoms with Crippen molar-refractivity contribution in [3.05, 3.63) is 18.3 Å². The minimum absolute atomic E-state index is 0.0894. The molecule has 1 amide bonds. The van der Waals surface area contributed by atoms with Crippen molar-refractivity contribution in [1.82, 2.24) is 10.3 Å². The second-order valence-electron chi connectivity index (χ2n) is 3.75. The van der Waals surface area contributed by atoms with E-state index in [1.54, 1.807) is 18.3 Å². The van der Waals surface area contributed by atoms with E-state index in [0.29, 0.717) is 25.1 Å². The summed E-state index contributed by atoms with van der Waals surface area (Å²) >= 11 is 1.34. The van der Waals surface area contributed by atoms with Gasteiger partial charge in [0, 0.05) is 13.0 Å². The van der Waals surface area contributed by atoms with Crippen LogP contribution in [-0.4, -0.2) is 36.3 Å². The van der Waals surface area contributed by atoms with E-state index in [1.165, 1.54) is 18.9 Å². The van der Waals surface area contributed by atoms with Crippen molar-refractivity contribution >= 4 is 29.3 Å². The molecular formula is C12H17N3O3S. The van der Waals surface area contributed by atoms with Crippen molar-refractivity contribution in [2.75, 3.05) is 25.1 Å². The number of nitrogens with one attached hydrogen (secondary N) is 1. The standard InChI is InChI=1S/C12H17N3O3S/c1-18-12(17)3-2-6-14-10(16)8-19-11-5-4-9(13)7-15-11/h4-5,7H,2-3,6,8,13H2,1H3,(H,14,16). The number of nitrogen functional groups attached to an aromatic ring is 1. The molecule has 0 fully saturated rings. The zero-order valence-electron chi connectivity index (χ0n) is 10.7. The molecule has 0 spiro atoms. The Morgan fingerprint density at radius 1 is 1.47 bits per heavy atom. The van der Waals surface area contributed by atoms with Gasteiger partial charge in [-0.25, -0.2) is 4.98 Å². The highest BCUT2D eigenvalue weighted by molar-refractivity contribution is 7.99. The summed E-state index contributed by atoms with van der Waals surface area (Å²) in [5, 5.41) is 3.47. The van der Waals surface area contributed by atoms with Crippen LogP contribution in [0.3, 0.4) is 0 Å². The predicted molar refractivity (Wildman–Crippen MR) is 73.6 cm³/mol. The molecule has 19 heavy (non-hydrogen) atoms. The van der Waals surface area contributed by atoms with E-state index in [2.05, 4.69) is 15.0 Å². The summed E-state index contributed by atoms with van der Waals surface area (Å²) in [4.78, 5) is 26.4. The van der Waals surface area contributed by atoms with Crippen LogP contribution in [0.4, 0.5) is 5.69 Å². The highest BCUT2D eigenvalue weighted by atomic mass is 32.2. The van der Waals surface area contributed by atoms with Gasteiger partial charge in [0.2, 0.25) is 5.91 Å². The molecule has 0 aliphatic carbocycles. The van der Waals surface area contributed by atoms with Gasteiger partial charge in [-0.15, -0.1) is 0 Å². The maximum Gasteiger partial charge on any atom is 0.305 e. The molecule has 1 aromatic rings. The molecule has 104 valence electrons. The van der Waals surface area contributed by atoms with Gasteiger partial charge in [0.1, 0.15) is 0 Å². The molecule has 6 nitrogen and oxygen atoms in total. The zero-order chi connectivity index (χ0) is 14.1. The largest absolute Gasteiger partial charge is 0.469 e. The van der Waals surface area contributed by atoms with Gasteiger partial charge in [-0.3, -0.25) is 9.59 Å². The van der Waals surface area contributed by atoms with E-state index in [9.17, 15) is 9.59 Å². The zero-order valence-corrected chi connectivity index (χ0v) is 11.5. The number of nitrogens with two attached hydrogens (primary N) is 1. The van der Waals surface area contributed by atoms with Crippen LogP contribution in [0.1, 0.15) is 12.8 Å². The molecule has 0 radical (unpaired) electrons. The van der Waals surface area contributed by atoms with E-state index in [-0.39, 0.29) is 17.6 Å². The van der Waals surface area contributed by atoms with Crippen LogP contribution in [0.5, 0.6) is 0 Å². The van der Waals surface area contributed by atoms with Gasteiger partial charge in [0.05, 0.1) is 29.8 Å². The summed E-state index contributed by atoms with van der Waals surface area (Å²) < 4.78 is 4.50. The van der Waals surface area contributed by atoms with E-state index in [1.807, 2.05) is 0 Å². The number of amides is 1. The lowest BCUT2D eigenvalue weighted by Crippen LogP contribution is -2.26. The van der Waals surface area contributed by atoms with Crippen LogP contribution < -0.4 is 11.1 Å². The van der Waals surface area contributed by atoms with Gasteiger partial charge in [-0.05, 0) is 18.6 Å². The number of carbonyl (C=O) groups is 2. The minimum Gasteiger partial charge on any atom is -0.469 e. The first-order valence-electron chi connectivity index (χ1n) is 5.79. The normalized spacial score (nSPS) is 9.95. The fourth-order valence-corrected chi connectivity index (χ4v) is 1.90. The van der Waals surface area contributed by atoms with Gasteiger partial charge < -0.3 is 15.8 Å². The van der Waals surface area contributed by atoms with Crippen LogP contribution in [0, 0.1) is 0 Å². The Kier molecular flexibility index (Phi) is 6.73. The van der Waals surface area contributed by atoms with Gasteiger partial charge in [-0.1, -0.05) is 11.8 Å². The van der Waals surface area contributed by atoms with Crippen molar-refractivity contribution < 1.29 is 14.3 Å². The Labute approximate surface area is 116 Å². The predicted octanol–water partition coefficient (Wildman–Crippen LogP) is 0.825. The molecule has 0 saturated carbocycles. The molecule has 3 N–H and O–H groups in total. The third-order valence-electron chi connectivity index (χ3n) is 2.22. The number of thioether (sulfide) groups is 1. The van der Waals surface area contributed by atoms with Crippen LogP contribution >= 0.6 is 11.8 Å². The number of hydrogen-bond donors (Lipinski definition) is 2. The van der Waals surface area contributed by atoms with Crippen molar-refractivity contribution in [3.63, 3.8) is 0 Å². The second-order valence-corrected chi connectivity index (χ2v) is 4.74. The number of pyridine rings is 1. The Morgan fingerprint density at radius 2 is 2.26 bits per heavy atom. The molecule has 1 aromatic heterocycles. The number of hydrogen-bond acceptors (Lipinski definition) is 6. The van der Waals surface area contributed by atoms with Crippen molar-refractivity contribution in [2.24, 2.45) is 0 Å². The maximum absolute atomic E-state index is 11.5. The van der Waals surface area contributed by atoms with Crippen molar-refractivity contribution in [2.45, 2.75) is 17.9 Å². The van der Waals surface area contributed by atoms with Gasteiger partial charge in [0.15, 0.2) is 0 Å². The molecule has 0 atom stereocenters. The average molecular weight is 283 g/mol. The Bertz CT molecular complexity index is 423. The van der Waals surface area contributed by atoms with E-state index in [0.717, 1.165) is 5.03 Å². The van der Waals surface area contributed by atoms with Gasteiger partial charge >= 0.3 is 5.97 Å². The third kappa shape index (κ3) is 6.66. The lowest BCUT2D eigenvalue weighted by Gasteiger charge is -2.04. The van der Waals surface area contributed by atoms with E-state index in [4.69, 9.17) is 5.73 Å². The highest BCUT2D eigenvalue weighted by Gasteiger charge is 2.04. The van der Waals surface area contributed by atoms with Crippen LogP contribution in [0.25, 0.3) is 0 Å². The van der Waals surface area contributed by atoms with Crippen molar-refractivity contribution in [3.8, 4) is 0 Å². The monoisotopic (exact) mass is 283 g/mol. The van der Waals surface area contributed by atoms with Crippen LogP contribution in [0.2, 0.25) is 0 Å². The number of aromatic nitrogens is 1. The van der Waals surface area contributed by atoms with Gasteiger partial charge in [0.25, 0.3) is 0 Å². The second kappa shape index (κ2) is 8.36. The lowest BCUT2D eigenvalue weighted by molar-refractivity contribution is -0.140. The fraction of sp³-hybridized carbons (Fsp3) is 0.417. The first kappa shape index (κ1) is 15.3. The molecule has 0 saturated heterocycles. The number of nitrogens with zero attached hydrogens (tertiary/aromatic N) is 1. The van der Waals surface area contributed by atoms with E-state index >= 15 is 0 Å². The smallest absolute Gasteiger partial charge is 0.305 e. The molecule has 0 aliphatic rings. The number of esters is 1. The summed E-state index contributed by atoms with van der Waals surface area (Å²) in [5.74, 6) is -0.0713. The minimum atomic E-state index is -0.269. The third-order valence-corrected chi connectivity index (χ3v) is 3.16. The number of carbonyl (C=O) groups excluding carboxylic acids is 2. The summed E-state index contributed by atoms with van der Waals surface area (Å²) in [5.41, 5.74) is 6.10. The number of rotatable bonds is 7. The summed E-state index contributed by atoms with van der Waals surface area (Å²) in [6, 6.07) is 3.51. The lowest BCUT2D eigenvalue weighted by atomic mass is 10.3. The van der Waals surface area contributed by atoms with Crippen LogP contribution in [-0.2, 0) is 14.3 Å². The average Bonchev–Trinajstić information content (AvgIpc) is 2.42. The molecular weight excluding hydrogens is 266 g/mol. The quantitative estimate of drug-likeness (QED) is 0.437. The summed E-state index contributed by atoms with van der Waals surface area (Å²) in [6.45, 7) is 0.462. The molecule has 1 rings (SSSR count). The fourth-order valence-electron chi connectivity index (χ4n) is 1.23. The van der Waals surface area contributed by atoms with Gasteiger partial charge in [-0.2, -0.15) is 0 Å². The molecule has 0 unspecified atom stereocenters. The Morgan fingerprint density at radius 3 is 2.89 bits per heavy atom. The molecule has 7 heteroatoms. The molecule has 0 bridgehead atoms. The molecule has 0 aromatic carbocycles. The first-order chi connectivity index (χ1) is 9.11. The Hall–Kier alpha value is -1.76. The molecule has 1 heterocycles.